The third kappa shape index (κ3) is 5.94. The maximum absolute atomic E-state index is 11.8. The predicted octanol–water partition coefficient (Wildman–Crippen LogP) is 2.21. The van der Waals surface area contributed by atoms with Gasteiger partial charge in [0, 0.05) is 24.1 Å². The number of hydrogen-bond donors (Lipinski definition) is 2. The van der Waals surface area contributed by atoms with Crippen LogP contribution in [0, 0.1) is 0 Å². The van der Waals surface area contributed by atoms with Crippen LogP contribution in [0.15, 0.2) is 29.2 Å². The molecule has 0 aromatic heterocycles. The first-order chi connectivity index (χ1) is 9.56. The molecular formula is C15H24N2O2S. The van der Waals surface area contributed by atoms with Gasteiger partial charge < -0.3 is 15.4 Å². The Morgan fingerprint density at radius 3 is 2.80 bits per heavy atom. The Bertz CT molecular complexity index is 426. The maximum atomic E-state index is 11.8. The van der Waals surface area contributed by atoms with E-state index in [2.05, 4.69) is 29.7 Å². The Morgan fingerprint density at radius 2 is 2.15 bits per heavy atom. The highest BCUT2D eigenvalue weighted by Crippen LogP contribution is 2.22. The molecule has 1 rings (SSSR count). The number of methoxy groups -OCH3 is 1. The van der Waals surface area contributed by atoms with Crippen LogP contribution in [0.2, 0.25) is 0 Å². The molecular weight excluding hydrogens is 272 g/mol. The summed E-state index contributed by atoms with van der Waals surface area (Å²) in [5, 5.41) is 6.11. The molecule has 0 aliphatic heterocycles. The quantitative estimate of drug-likeness (QED) is 0.722. The summed E-state index contributed by atoms with van der Waals surface area (Å²) in [6, 6.07) is 8.62. The van der Waals surface area contributed by atoms with Gasteiger partial charge in [-0.1, -0.05) is 12.1 Å². The second kappa shape index (κ2) is 9.00. The third-order valence-electron chi connectivity index (χ3n) is 2.99. The van der Waals surface area contributed by atoms with Crippen LogP contribution >= 0.6 is 11.8 Å². The topological polar surface area (TPSA) is 50.4 Å². The molecule has 0 heterocycles. The van der Waals surface area contributed by atoms with E-state index in [9.17, 15) is 4.79 Å². The molecule has 112 valence electrons. The van der Waals surface area contributed by atoms with E-state index >= 15 is 0 Å². The lowest BCUT2D eigenvalue weighted by Gasteiger charge is -2.13. The smallest absolute Gasteiger partial charge is 0.230 e. The zero-order valence-corrected chi connectivity index (χ0v) is 13.4. The second-order valence-corrected chi connectivity index (χ2v) is 5.84. The van der Waals surface area contributed by atoms with E-state index in [1.165, 1.54) is 5.56 Å². The summed E-state index contributed by atoms with van der Waals surface area (Å²) in [6.07, 6.45) is 0. The van der Waals surface area contributed by atoms with Crippen LogP contribution in [0.1, 0.15) is 25.5 Å². The number of carbonyl (C=O) groups excluding carboxylic acids is 1. The average Bonchev–Trinajstić information content (AvgIpc) is 2.44. The number of rotatable bonds is 8. The fraction of sp³-hybridized carbons (Fsp3) is 0.533. The fourth-order valence-corrected chi connectivity index (χ4v) is 2.57. The van der Waals surface area contributed by atoms with Gasteiger partial charge in [-0.2, -0.15) is 0 Å². The Kier molecular flexibility index (Phi) is 7.65. The van der Waals surface area contributed by atoms with Crippen molar-refractivity contribution in [3.63, 3.8) is 0 Å². The number of amides is 1. The summed E-state index contributed by atoms with van der Waals surface area (Å²) in [4.78, 5) is 12.9. The second-order valence-electron chi connectivity index (χ2n) is 4.80. The van der Waals surface area contributed by atoms with E-state index in [1.54, 1.807) is 18.9 Å². The summed E-state index contributed by atoms with van der Waals surface area (Å²) in [5.41, 5.74) is 1.23. The highest BCUT2D eigenvalue weighted by molar-refractivity contribution is 8.00. The van der Waals surface area contributed by atoms with Crippen LogP contribution in [-0.4, -0.2) is 38.5 Å². The van der Waals surface area contributed by atoms with Crippen LogP contribution in [0.25, 0.3) is 0 Å². The summed E-state index contributed by atoms with van der Waals surface area (Å²) in [7, 11) is 3.57. The van der Waals surface area contributed by atoms with E-state index in [0.29, 0.717) is 18.4 Å². The molecule has 0 radical (unpaired) electrons. The van der Waals surface area contributed by atoms with Gasteiger partial charge in [0.15, 0.2) is 0 Å². The molecule has 0 aliphatic rings. The maximum Gasteiger partial charge on any atom is 0.230 e. The summed E-state index contributed by atoms with van der Waals surface area (Å²) in [6.45, 7) is 4.58. The fourth-order valence-electron chi connectivity index (χ4n) is 1.80. The minimum Gasteiger partial charge on any atom is -0.383 e. The van der Waals surface area contributed by atoms with Crippen molar-refractivity contribution in [2.45, 2.75) is 30.8 Å². The lowest BCUT2D eigenvalue weighted by Crippen LogP contribution is -2.36. The molecule has 1 aromatic carbocycles. The Hall–Kier alpha value is -1.04. The Morgan fingerprint density at radius 1 is 1.40 bits per heavy atom. The standard InChI is InChI=1S/C15H24N2O2S/c1-11(9-19-4)17-15(18)10-20-14-7-5-6-13(8-14)12(2)16-3/h5-8,11-12,16H,9-10H2,1-4H3,(H,17,18). The highest BCUT2D eigenvalue weighted by Gasteiger charge is 2.08. The van der Waals surface area contributed by atoms with E-state index in [-0.39, 0.29) is 11.9 Å². The number of thioether (sulfide) groups is 1. The monoisotopic (exact) mass is 296 g/mol. The molecule has 1 aromatic rings. The average molecular weight is 296 g/mol. The van der Waals surface area contributed by atoms with Crippen LogP contribution in [0.5, 0.6) is 0 Å². The Labute approximate surface area is 125 Å². The minimum atomic E-state index is 0.0339. The third-order valence-corrected chi connectivity index (χ3v) is 3.98. The highest BCUT2D eigenvalue weighted by atomic mass is 32.2. The first-order valence-electron chi connectivity index (χ1n) is 6.75. The van der Waals surface area contributed by atoms with Crippen molar-refractivity contribution in [3.8, 4) is 0 Å². The molecule has 1 amide bonds. The van der Waals surface area contributed by atoms with Crippen LogP contribution in [0.3, 0.4) is 0 Å². The largest absolute Gasteiger partial charge is 0.383 e. The van der Waals surface area contributed by atoms with E-state index < -0.39 is 0 Å². The molecule has 20 heavy (non-hydrogen) atoms. The molecule has 0 saturated carbocycles. The summed E-state index contributed by atoms with van der Waals surface area (Å²) in [5.74, 6) is 0.456. The van der Waals surface area contributed by atoms with E-state index in [4.69, 9.17) is 4.74 Å². The molecule has 5 heteroatoms. The molecule has 0 aliphatic carbocycles. The van der Waals surface area contributed by atoms with Crippen molar-refractivity contribution in [1.82, 2.24) is 10.6 Å². The van der Waals surface area contributed by atoms with Crippen LogP contribution in [-0.2, 0) is 9.53 Å². The molecule has 4 nitrogen and oxygen atoms in total. The molecule has 2 atom stereocenters. The molecule has 0 saturated heterocycles. The van der Waals surface area contributed by atoms with Crippen molar-refractivity contribution in [2.75, 3.05) is 26.5 Å². The summed E-state index contributed by atoms with van der Waals surface area (Å²) >= 11 is 1.55. The Balaban J connectivity index is 2.47. The van der Waals surface area contributed by atoms with Gasteiger partial charge in [0.1, 0.15) is 0 Å². The normalized spacial score (nSPS) is 13.8. The van der Waals surface area contributed by atoms with Crippen molar-refractivity contribution < 1.29 is 9.53 Å². The first kappa shape index (κ1) is 17.0. The number of benzene rings is 1. The van der Waals surface area contributed by atoms with Gasteiger partial charge in [-0.05, 0) is 38.6 Å². The molecule has 2 N–H and O–H groups in total. The molecule has 0 spiro atoms. The van der Waals surface area contributed by atoms with Gasteiger partial charge in [-0.15, -0.1) is 11.8 Å². The summed E-state index contributed by atoms with van der Waals surface area (Å²) < 4.78 is 4.99. The number of hydrogen-bond acceptors (Lipinski definition) is 4. The van der Waals surface area contributed by atoms with Gasteiger partial charge >= 0.3 is 0 Å². The molecule has 0 fully saturated rings. The lowest BCUT2D eigenvalue weighted by molar-refractivity contribution is -0.119. The number of carbonyl (C=O) groups is 1. The SMILES string of the molecule is CNC(C)c1cccc(SCC(=O)NC(C)COC)c1. The zero-order valence-electron chi connectivity index (χ0n) is 12.6. The van der Waals surface area contributed by atoms with Gasteiger partial charge in [0.25, 0.3) is 0 Å². The van der Waals surface area contributed by atoms with E-state index in [0.717, 1.165) is 4.90 Å². The van der Waals surface area contributed by atoms with Crippen LogP contribution in [0.4, 0.5) is 0 Å². The van der Waals surface area contributed by atoms with Crippen molar-refractivity contribution >= 4 is 17.7 Å². The van der Waals surface area contributed by atoms with Gasteiger partial charge in [-0.3, -0.25) is 4.79 Å². The first-order valence-corrected chi connectivity index (χ1v) is 7.73. The molecule has 0 bridgehead atoms. The van der Waals surface area contributed by atoms with E-state index in [1.807, 2.05) is 26.1 Å². The number of nitrogens with one attached hydrogen (secondary N) is 2. The zero-order chi connectivity index (χ0) is 15.0. The minimum absolute atomic E-state index is 0.0339. The van der Waals surface area contributed by atoms with Gasteiger partial charge in [0.2, 0.25) is 5.91 Å². The predicted molar refractivity (Wildman–Crippen MR) is 84.1 cm³/mol. The van der Waals surface area contributed by atoms with Crippen molar-refractivity contribution in [3.05, 3.63) is 29.8 Å². The van der Waals surface area contributed by atoms with Gasteiger partial charge in [0.05, 0.1) is 12.4 Å². The van der Waals surface area contributed by atoms with Crippen molar-refractivity contribution in [1.29, 1.82) is 0 Å². The number of ether oxygens (including phenoxy) is 1. The lowest BCUT2D eigenvalue weighted by atomic mass is 10.1. The van der Waals surface area contributed by atoms with Crippen LogP contribution < -0.4 is 10.6 Å². The van der Waals surface area contributed by atoms with Gasteiger partial charge in [-0.25, -0.2) is 0 Å². The molecule has 2 unspecified atom stereocenters. The van der Waals surface area contributed by atoms with Crippen molar-refractivity contribution in [2.24, 2.45) is 0 Å².